The molecule has 0 amide bonds. The van der Waals surface area contributed by atoms with E-state index >= 15 is 0 Å². The number of aryl methyl sites for hydroxylation is 2. The maximum absolute atomic E-state index is 11.3. The molecule has 0 fully saturated rings. The summed E-state index contributed by atoms with van der Waals surface area (Å²) in [5, 5.41) is 21.3. The predicted molar refractivity (Wildman–Crippen MR) is 74.6 cm³/mol. The molecule has 0 aliphatic heterocycles. The van der Waals surface area contributed by atoms with Gasteiger partial charge in [-0.25, -0.2) is 9.78 Å². The van der Waals surface area contributed by atoms with Crippen molar-refractivity contribution >= 4 is 11.8 Å². The molecule has 0 aromatic carbocycles. The Morgan fingerprint density at radius 3 is 2.68 bits per heavy atom. The van der Waals surface area contributed by atoms with Gasteiger partial charge in [-0.2, -0.15) is 0 Å². The van der Waals surface area contributed by atoms with Crippen LogP contribution in [0.4, 0.5) is 5.82 Å². The molecule has 1 heterocycles. The molecule has 0 spiro atoms. The topological polar surface area (TPSA) is 82.5 Å². The van der Waals surface area contributed by atoms with Crippen molar-refractivity contribution in [3.05, 3.63) is 22.9 Å². The van der Waals surface area contributed by atoms with Gasteiger partial charge >= 0.3 is 5.97 Å². The largest absolute Gasteiger partial charge is 0.478 e. The Hall–Kier alpha value is -1.62. The average Bonchev–Trinajstić information content (AvgIpc) is 2.32. The van der Waals surface area contributed by atoms with E-state index in [2.05, 4.69) is 17.2 Å². The first-order valence-electron chi connectivity index (χ1n) is 6.55. The minimum Gasteiger partial charge on any atom is -0.478 e. The highest BCUT2D eigenvalue weighted by molar-refractivity contribution is 5.94. The van der Waals surface area contributed by atoms with Crippen LogP contribution >= 0.6 is 0 Å². The van der Waals surface area contributed by atoms with Crippen molar-refractivity contribution < 1.29 is 15.0 Å². The van der Waals surface area contributed by atoms with Gasteiger partial charge in [0.15, 0.2) is 0 Å². The van der Waals surface area contributed by atoms with E-state index in [1.165, 1.54) is 0 Å². The number of aromatic nitrogens is 1. The molecule has 5 nitrogen and oxygen atoms in total. The molecule has 1 unspecified atom stereocenters. The Kier molecular flexibility index (Phi) is 5.76. The second kappa shape index (κ2) is 7.09. The molecular formula is C14H22N2O3. The quantitative estimate of drug-likeness (QED) is 0.705. The van der Waals surface area contributed by atoms with E-state index in [4.69, 9.17) is 5.11 Å². The molecule has 19 heavy (non-hydrogen) atoms. The first-order chi connectivity index (χ1) is 8.99. The number of hydrogen-bond acceptors (Lipinski definition) is 4. The van der Waals surface area contributed by atoms with Gasteiger partial charge in [0.05, 0.1) is 0 Å². The molecule has 0 saturated heterocycles. The number of carboxylic acids is 1. The number of aliphatic hydroxyl groups excluding tert-OH is 1. The molecule has 0 bridgehead atoms. The number of aromatic carboxylic acids is 1. The number of hydrogen-bond donors (Lipinski definition) is 3. The van der Waals surface area contributed by atoms with E-state index in [9.17, 15) is 9.90 Å². The number of anilines is 1. The summed E-state index contributed by atoms with van der Waals surface area (Å²) < 4.78 is 0. The van der Waals surface area contributed by atoms with Gasteiger partial charge in [-0.15, -0.1) is 0 Å². The predicted octanol–water partition coefficient (Wildman–Crippen LogP) is 2.22. The SMILES string of the molecule is CCC(CCO)CNc1nc(C)cc(C)c1C(=O)O. The first-order valence-corrected chi connectivity index (χ1v) is 6.55. The van der Waals surface area contributed by atoms with Crippen molar-refractivity contribution in [3.8, 4) is 0 Å². The zero-order valence-electron chi connectivity index (χ0n) is 11.7. The van der Waals surface area contributed by atoms with Crippen molar-refractivity contribution in [1.82, 2.24) is 4.98 Å². The van der Waals surface area contributed by atoms with E-state index in [-0.39, 0.29) is 12.2 Å². The fraction of sp³-hybridized carbons (Fsp3) is 0.571. The molecular weight excluding hydrogens is 244 g/mol. The van der Waals surface area contributed by atoms with Crippen LogP contribution in [0.2, 0.25) is 0 Å². The van der Waals surface area contributed by atoms with E-state index < -0.39 is 5.97 Å². The molecule has 3 N–H and O–H groups in total. The number of carboxylic acid groups (broad SMARTS) is 1. The maximum Gasteiger partial charge on any atom is 0.339 e. The Morgan fingerprint density at radius 1 is 1.47 bits per heavy atom. The van der Waals surface area contributed by atoms with Gasteiger partial charge in [0, 0.05) is 18.8 Å². The number of rotatable bonds is 7. The van der Waals surface area contributed by atoms with Crippen LogP contribution in [0.3, 0.4) is 0 Å². The van der Waals surface area contributed by atoms with Crippen LogP contribution in [-0.4, -0.2) is 34.3 Å². The first kappa shape index (κ1) is 15.4. The summed E-state index contributed by atoms with van der Waals surface area (Å²) in [4.78, 5) is 15.5. The van der Waals surface area contributed by atoms with Crippen molar-refractivity contribution in [2.45, 2.75) is 33.6 Å². The van der Waals surface area contributed by atoms with Crippen molar-refractivity contribution in [1.29, 1.82) is 0 Å². The molecule has 1 aromatic rings. The minimum atomic E-state index is -0.970. The van der Waals surface area contributed by atoms with Crippen LogP contribution in [0.5, 0.6) is 0 Å². The number of nitrogens with one attached hydrogen (secondary N) is 1. The second-order valence-electron chi connectivity index (χ2n) is 4.78. The van der Waals surface area contributed by atoms with Gasteiger partial charge in [-0.05, 0) is 37.8 Å². The monoisotopic (exact) mass is 266 g/mol. The van der Waals surface area contributed by atoms with Gasteiger partial charge in [0.2, 0.25) is 0 Å². The van der Waals surface area contributed by atoms with Crippen LogP contribution in [-0.2, 0) is 0 Å². The molecule has 0 aliphatic rings. The molecule has 0 radical (unpaired) electrons. The fourth-order valence-corrected chi connectivity index (χ4v) is 2.11. The van der Waals surface area contributed by atoms with E-state index in [0.717, 1.165) is 12.1 Å². The van der Waals surface area contributed by atoms with Gasteiger partial charge in [0.1, 0.15) is 11.4 Å². The highest BCUT2D eigenvalue weighted by Gasteiger charge is 2.16. The zero-order chi connectivity index (χ0) is 14.4. The second-order valence-corrected chi connectivity index (χ2v) is 4.78. The van der Waals surface area contributed by atoms with Gasteiger partial charge in [-0.1, -0.05) is 13.3 Å². The summed E-state index contributed by atoms with van der Waals surface area (Å²) in [7, 11) is 0. The number of pyridine rings is 1. The summed E-state index contributed by atoms with van der Waals surface area (Å²) in [5.41, 5.74) is 1.72. The van der Waals surface area contributed by atoms with Crippen molar-refractivity contribution in [2.75, 3.05) is 18.5 Å². The highest BCUT2D eigenvalue weighted by Crippen LogP contribution is 2.20. The Morgan fingerprint density at radius 2 is 2.16 bits per heavy atom. The van der Waals surface area contributed by atoms with E-state index in [1.807, 2.05) is 6.92 Å². The lowest BCUT2D eigenvalue weighted by Gasteiger charge is -2.17. The maximum atomic E-state index is 11.3. The highest BCUT2D eigenvalue weighted by atomic mass is 16.4. The van der Waals surface area contributed by atoms with Crippen LogP contribution in [0.1, 0.15) is 41.4 Å². The summed E-state index contributed by atoms with van der Waals surface area (Å²) in [6.07, 6.45) is 1.64. The Labute approximate surface area is 113 Å². The summed E-state index contributed by atoms with van der Waals surface area (Å²) in [6, 6.07) is 1.76. The summed E-state index contributed by atoms with van der Waals surface area (Å²) >= 11 is 0. The van der Waals surface area contributed by atoms with Crippen LogP contribution in [0, 0.1) is 19.8 Å². The summed E-state index contributed by atoms with van der Waals surface area (Å²) in [6.45, 7) is 6.43. The lowest BCUT2D eigenvalue weighted by atomic mass is 10.0. The minimum absolute atomic E-state index is 0.145. The molecule has 1 aromatic heterocycles. The van der Waals surface area contributed by atoms with Gasteiger partial charge in [0.25, 0.3) is 0 Å². The van der Waals surface area contributed by atoms with Gasteiger partial charge < -0.3 is 15.5 Å². The Bertz CT molecular complexity index is 447. The van der Waals surface area contributed by atoms with E-state index in [0.29, 0.717) is 30.3 Å². The zero-order valence-corrected chi connectivity index (χ0v) is 11.7. The average molecular weight is 266 g/mol. The normalized spacial score (nSPS) is 12.2. The number of nitrogens with zero attached hydrogens (tertiary/aromatic N) is 1. The third-order valence-electron chi connectivity index (χ3n) is 3.23. The molecule has 1 rings (SSSR count). The lowest BCUT2D eigenvalue weighted by Crippen LogP contribution is -2.18. The molecule has 0 aliphatic carbocycles. The molecule has 106 valence electrons. The standard InChI is InChI=1S/C14H22N2O3/c1-4-11(5-6-17)8-15-13-12(14(18)19)9(2)7-10(3)16-13/h7,11,17H,4-6,8H2,1-3H3,(H,15,16)(H,18,19). The molecule has 0 saturated carbocycles. The number of carbonyl (C=O) groups is 1. The van der Waals surface area contributed by atoms with Crippen LogP contribution in [0.25, 0.3) is 0 Å². The molecule has 1 atom stereocenters. The summed E-state index contributed by atoms with van der Waals surface area (Å²) in [5.74, 6) is -0.238. The van der Waals surface area contributed by atoms with E-state index in [1.54, 1.807) is 13.0 Å². The van der Waals surface area contributed by atoms with Crippen molar-refractivity contribution in [3.63, 3.8) is 0 Å². The van der Waals surface area contributed by atoms with Crippen molar-refractivity contribution in [2.24, 2.45) is 5.92 Å². The molecule has 5 heteroatoms. The van der Waals surface area contributed by atoms with Crippen LogP contribution in [0.15, 0.2) is 6.07 Å². The third kappa shape index (κ3) is 4.21. The van der Waals surface area contributed by atoms with Gasteiger partial charge in [-0.3, -0.25) is 0 Å². The third-order valence-corrected chi connectivity index (χ3v) is 3.23. The Balaban J connectivity index is 2.90. The fourth-order valence-electron chi connectivity index (χ4n) is 2.11. The smallest absolute Gasteiger partial charge is 0.339 e. The number of aliphatic hydroxyl groups is 1. The van der Waals surface area contributed by atoms with Crippen LogP contribution < -0.4 is 5.32 Å². The lowest BCUT2D eigenvalue weighted by molar-refractivity contribution is 0.0696.